The first kappa shape index (κ1) is 22.3. The first-order chi connectivity index (χ1) is 16.0. The van der Waals surface area contributed by atoms with Gasteiger partial charge in [0.05, 0.1) is 4.88 Å². The van der Waals surface area contributed by atoms with Crippen LogP contribution in [0.3, 0.4) is 0 Å². The van der Waals surface area contributed by atoms with E-state index in [0.717, 1.165) is 56.0 Å². The van der Waals surface area contributed by atoms with E-state index in [-0.39, 0.29) is 29.7 Å². The normalized spacial score (nSPS) is 27.2. The van der Waals surface area contributed by atoms with Gasteiger partial charge in [-0.2, -0.15) is 0 Å². The van der Waals surface area contributed by atoms with E-state index in [2.05, 4.69) is 11.0 Å². The molecule has 33 heavy (non-hydrogen) atoms. The smallest absolute Gasteiger partial charge is 0.303 e. The second kappa shape index (κ2) is 9.43. The lowest BCUT2D eigenvalue weighted by Gasteiger charge is -2.44. The highest BCUT2D eigenvalue weighted by atomic mass is 32.1. The summed E-state index contributed by atoms with van der Waals surface area (Å²) in [7, 11) is 0. The number of likely N-dealkylation sites (tertiary alicyclic amines) is 2. The van der Waals surface area contributed by atoms with Crippen LogP contribution in [0, 0.1) is 17.8 Å². The first-order valence-electron chi connectivity index (χ1n) is 11.9. The van der Waals surface area contributed by atoms with Crippen LogP contribution in [0.2, 0.25) is 0 Å². The van der Waals surface area contributed by atoms with Crippen LogP contribution in [0.4, 0.5) is 0 Å². The number of piperidine rings is 2. The van der Waals surface area contributed by atoms with Gasteiger partial charge >= 0.3 is 5.97 Å². The van der Waals surface area contributed by atoms with Gasteiger partial charge in [-0.1, -0.05) is 12.1 Å². The number of carbonyl (C=O) groups excluding carboxylic acids is 1. The first-order valence-corrected chi connectivity index (χ1v) is 12.8. The third kappa shape index (κ3) is 4.77. The van der Waals surface area contributed by atoms with E-state index in [1.54, 1.807) is 6.07 Å². The van der Waals surface area contributed by atoms with Crippen LogP contribution in [-0.4, -0.2) is 64.1 Å². The van der Waals surface area contributed by atoms with Crippen LogP contribution in [0.25, 0.3) is 0 Å². The van der Waals surface area contributed by atoms with Gasteiger partial charge in [0.15, 0.2) is 0 Å². The minimum atomic E-state index is -0.752. The highest BCUT2D eigenvalue weighted by Crippen LogP contribution is 2.36. The van der Waals surface area contributed by atoms with Crippen molar-refractivity contribution in [3.63, 3.8) is 0 Å². The number of carbonyl (C=O) groups is 2. The second-order valence-electron chi connectivity index (χ2n) is 9.88. The fourth-order valence-corrected chi connectivity index (χ4v) is 6.86. The lowest BCUT2D eigenvalue weighted by atomic mass is 9.80. The number of thiophene rings is 1. The molecule has 0 saturated carbocycles. The molecule has 2 aromatic rings. The molecule has 2 aromatic heterocycles. The number of carboxylic acids is 1. The van der Waals surface area contributed by atoms with Crippen LogP contribution in [-0.2, 0) is 11.3 Å². The summed E-state index contributed by atoms with van der Waals surface area (Å²) in [5.41, 5.74) is 1.25. The average Bonchev–Trinajstić information content (AvgIpc) is 3.33. The Bertz CT molecular complexity index is 1070. The van der Waals surface area contributed by atoms with E-state index >= 15 is 0 Å². The number of aromatic nitrogens is 1. The molecule has 3 aliphatic heterocycles. The van der Waals surface area contributed by atoms with Gasteiger partial charge in [0.2, 0.25) is 0 Å². The van der Waals surface area contributed by atoms with Crippen molar-refractivity contribution in [1.29, 1.82) is 0 Å². The van der Waals surface area contributed by atoms with Gasteiger partial charge in [0.1, 0.15) is 0 Å². The SMILES string of the molecule is O=C(O)C[C@@H]1CCN(C(=O)c2cccs2)C[C@H]1CCN1C[C@H]2C[C@H](C1)c1cccc(=O)n1C2. The Hall–Kier alpha value is -2.45. The Kier molecular flexibility index (Phi) is 6.38. The summed E-state index contributed by atoms with van der Waals surface area (Å²) in [5, 5.41) is 11.4. The molecule has 0 unspecified atom stereocenters. The molecule has 5 heterocycles. The fraction of sp³-hybridized carbons (Fsp3) is 0.560. The van der Waals surface area contributed by atoms with Gasteiger partial charge in [-0.25, -0.2) is 0 Å². The third-order valence-electron chi connectivity index (χ3n) is 7.72. The highest BCUT2D eigenvalue weighted by Gasteiger charge is 2.36. The quantitative estimate of drug-likeness (QED) is 0.703. The van der Waals surface area contributed by atoms with Crippen LogP contribution in [0.5, 0.6) is 0 Å². The summed E-state index contributed by atoms with van der Waals surface area (Å²) >= 11 is 1.46. The zero-order valence-electron chi connectivity index (χ0n) is 18.8. The van der Waals surface area contributed by atoms with Crippen LogP contribution < -0.4 is 5.56 Å². The number of carboxylic acid groups (broad SMARTS) is 1. The summed E-state index contributed by atoms with van der Waals surface area (Å²) in [5.74, 6) is 0.476. The largest absolute Gasteiger partial charge is 0.481 e. The second-order valence-corrected chi connectivity index (χ2v) is 10.8. The maximum absolute atomic E-state index is 12.9. The molecule has 0 aliphatic carbocycles. The predicted molar refractivity (Wildman–Crippen MR) is 127 cm³/mol. The number of hydrogen-bond donors (Lipinski definition) is 1. The molecule has 4 atom stereocenters. The van der Waals surface area contributed by atoms with Crippen LogP contribution >= 0.6 is 11.3 Å². The van der Waals surface area contributed by atoms with E-state index in [0.29, 0.717) is 24.9 Å². The van der Waals surface area contributed by atoms with Crippen molar-refractivity contribution in [2.75, 3.05) is 32.7 Å². The summed E-state index contributed by atoms with van der Waals surface area (Å²) in [4.78, 5) is 41.8. The van der Waals surface area contributed by atoms with Gasteiger partial charge < -0.3 is 19.5 Å². The molecule has 1 N–H and O–H groups in total. The van der Waals surface area contributed by atoms with Gasteiger partial charge in [-0.3, -0.25) is 14.4 Å². The van der Waals surface area contributed by atoms with Crippen molar-refractivity contribution < 1.29 is 14.7 Å². The topological polar surface area (TPSA) is 82.8 Å². The van der Waals surface area contributed by atoms with Crippen LogP contribution in [0.1, 0.15) is 47.0 Å². The molecule has 0 radical (unpaired) electrons. The Labute approximate surface area is 197 Å². The van der Waals surface area contributed by atoms with E-state index in [1.165, 1.54) is 11.3 Å². The summed E-state index contributed by atoms with van der Waals surface area (Å²) in [6.07, 6.45) is 2.95. The molecular formula is C25H31N3O4S. The molecule has 2 fully saturated rings. The average molecular weight is 470 g/mol. The molecule has 8 heteroatoms. The highest BCUT2D eigenvalue weighted by molar-refractivity contribution is 7.12. The van der Waals surface area contributed by atoms with E-state index in [9.17, 15) is 19.5 Å². The number of aliphatic carboxylic acids is 1. The molecule has 5 rings (SSSR count). The Morgan fingerprint density at radius 2 is 1.94 bits per heavy atom. The minimum Gasteiger partial charge on any atom is -0.481 e. The van der Waals surface area contributed by atoms with Crippen molar-refractivity contribution in [2.45, 2.75) is 38.1 Å². The van der Waals surface area contributed by atoms with Crippen molar-refractivity contribution in [3.05, 3.63) is 56.6 Å². The number of amides is 1. The molecule has 0 spiro atoms. The minimum absolute atomic E-state index is 0.0679. The molecule has 0 aromatic carbocycles. The van der Waals surface area contributed by atoms with Gasteiger partial charge in [-0.05, 0) is 61.1 Å². The standard InChI is InChI=1S/C25H31N3O4S/c29-23-5-1-3-21-20-11-17(14-28(21)23)13-26(15-20)8-6-19-16-27(9-7-18(19)12-24(30)31)25(32)22-4-2-10-33-22/h1-5,10,17-20H,6-9,11-16H2,(H,30,31)/t17-,18+,19-,20-/m1/s1. The fourth-order valence-electron chi connectivity index (χ4n) is 6.17. The van der Waals surface area contributed by atoms with Crippen molar-refractivity contribution in [2.24, 2.45) is 17.8 Å². The summed E-state index contributed by atoms with van der Waals surface area (Å²) in [6, 6.07) is 9.36. The monoisotopic (exact) mass is 469 g/mol. The van der Waals surface area contributed by atoms with Crippen molar-refractivity contribution in [3.8, 4) is 0 Å². The number of hydrogen-bond acceptors (Lipinski definition) is 5. The number of rotatable bonds is 6. The maximum Gasteiger partial charge on any atom is 0.303 e. The lowest BCUT2D eigenvalue weighted by molar-refractivity contribution is -0.139. The maximum atomic E-state index is 12.9. The Morgan fingerprint density at radius 1 is 1.06 bits per heavy atom. The Balaban J connectivity index is 1.25. The number of nitrogens with zero attached hydrogens (tertiary/aromatic N) is 3. The molecule has 1 amide bonds. The number of pyridine rings is 1. The van der Waals surface area contributed by atoms with Gasteiger partial charge in [0.25, 0.3) is 11.5 Å². The summed E-state index contributed by atoms with van der Waals surface area (Å²) < 4.78 is 1.95. The predicted octanol–water partition coefficient (Wildman–Crippen LogP) is 2.97. The van der Waals surface area contributed by atoms with Crippen molar-refractivity contribution >= 4 is 23.2 Å². The third-order valence-corrected chi connectivity index (χ3v) is 8.58. The molecule has 2 bridgehead atoms. The van der Waals surface area contributed by atoms with Crippen LogP contribution in [0.15, 0.2) is 40.5 Å². The van der Waals surface area contributed by atoms with E-state index in [1.807, 2.05) is 33.0 Å². The van der Waals surface area contributed by atoms with E-state index in [4.69, 9.17) is 0 Å². The lowest BCUT2D eigenvalue weighted by Crippen LogP contribution is -2.48. The van der Waals surface area contributed by atoms with Gasteiger partial charge in [-0.15, -0.1) is 11.3 Å². The van der Waals surface area contributed by atoms with Crippen molar-refractivity contribution in [1.82, 2.24) is 14.4 Å². The van der Waals surface area contributed by atoms with Gasteiger partial charge in [0, 0.05) is 56.8 Å². The zero-order valence-corrected chi connectivity index (χ0v) is 19.6. The molecule has 3 aliphatic rings. The molecule has 7 nitrogen and oxygen atoms in total. The molecular weight excluding hydrogens is 438 g/mol. The Morgan fingerprint density at radius 3 is 2.73 bits per heavy atom. The van der Waals surface area contributed by atoms with E-state index < -0.39 is 5.97 Å². The molecule has 2 saturated heterocycles. The molecule has 176 valence electrons. The summed E-state index contributed by atoms with van der Waals surface area (Å²) in [6.45, 7) is 4.87. The zero-order chi connectivity index (χ0) is 22.9. The number of fused-ring (bicyclic) bond motifs is 4.